The monoisotopic (exact) mass is 286 g/mol. The quantitative estimate of drug-likeness (QED) is 0.827. The van der Waals surface area contributed by atoms with E-state index in [1.165, 1.54) is 7.11 Å². The van der Waals surface area contributed by atoms with E-state index in [4.69, 9.17) is 15.2 Å². The summed E-state index contributed by atoms with van der Waals surface area (Å²) in [6, 6.07) is 12.6. The minimum Gasteiger partial charge on any atom is -0.497 e. The van der Waals surface area contributed by atoms with Gasteiger partial charge in [0.15, 0.2) is 0 Å². The number of nitrogen functional groups attached to an aromatic ring is 1. The summed E-state index contributed by atoms with van der Waals surface area (Å²) in [6.45, 7) is 0.396. The van der Waals surface area contributed by atoms with Crippen molar-refractivity contribution in [3.8, 4) is 11.5 Å². The molecule has 2 aromatic rings. The second-order valence-electron chi connectivity index (χ2n) is 4.46. The Labute approximate surface area is 123 Å². The molecule has 3 N–H and O–H groups in total. The summed E-state index contributed by atoms with van der Waals surface area (Å²) in [7, 11) is 3.12. The highest BCUT2D eigenvalue weighted by Crippen LogP contribution is 2.24. The van der Waals surface area contributed by atoms with E-state index in [1.54, 1.807) is 25.3 Å². The molecule has 2 rings (SSSR count). The second kappa shape index (κ2) is 6.65. The lowest BCUT2D eigenvalue weighted by molar-refractivity contribution is 0.0951. The number of nitrogens with two attached hydrogens (primary N) is 1. The molecule has 0 radical (unpaired) electrons. The predicted molar refractivity (Wildman–Crippen MR) is 81.6 cm³/mol. The Morgan fingerprint density at radius 2 is 1.90 bits per heavy atom. The van der Waals surface area contributed by atoms with Gasteiger partial charge in [0.2, 0.25) is 0 Å². The van der Waals surface area contributed by atoms with Gasteiger partial charge in [-0.1, -0.05) is 18.2 Å². The van der Waals surface area contributed by atoms with Crippen LogP contribution in [0.1, 0.15) is 15.9 Å². The molecule has 0 aliphatic carbocycles. The highest BCUT2D eigenvalue weighted by Gasteiger charge is 2.12. The standard InChI is InChI=1S/C16H18N2O3/c1-20-12-6-3-5-11(9-12)10-18-16(19)13-7-4-8-14(21-2)15(13)17/h3-9H,10,17H2,1-2H3,(H,18,19). The Balaban J connectivity index is 2.08. The first kappa shape index (κ1) is 14.7. The predicted octanol–water partition coefficient (Wildman–Crippen LogP) is 2.22. The first-order chi connectivity index (χ1) is 10.2. The molecular weight excluding hydrogens is 268 g/mol. The minimum atomic E-state index is -0.241. The van der Waals surface area contributed by atoms with Crippen LogP contribution >= 0.6 is 0 Å². The third-order valence-electron chi connectivity index (χ3n) is 3.12. The molecule has 0 fully saturated rings. The highest BCUT2D eigenvalue weighted by molar-refractivity contribution is 6.00. The first-order valence-corrected chi connectivity index (χ1v) is 6.49. The van der Waals surface area contributed by atoms with E-state index in [1.807, 2.05) is 24.3 Å². The fourth-order valence-corrected chi connectivity index (χ4v) is 1.98. The molecule has 0 aliphatic rings. The van der Waals surface area contributed by atoms with E-state index >= 15 is 0 Å². The maximum atomic E-state index is 12.2. The van der Waals surface area contributed by atoms with Gasteiger partial charge in [0.05, 0.1) is 25.5 Å². The molecule has 21 heavy (non-hydrogen) atoms. The summed E-state index contributed by atoms with van der Waals surface area (Å²) < 4.78 is 10.3. The van der Waals surface area contributed by atoms with Gasteiger partial charge < -0.3 is 20.5 Å². The molecule has 0 spiro atoms. The van der Waals surface area contributed by atoms with Crippen molar-refractivity contribution in [1.29, 1.82) is 0 Å². The molecule has 0 heterocycles. The summed E-state index contributed by atoms with van der Waals surface area (Å²) in [5.74, 6) is 1.00. The van der Waals surface area contributed by atoms with Crippen LogP contribution < -0.4 is 20.5 Å². The van der Waals surface area contributed by atoms with Crippen LogP contribution in [0.2, 0.25) is 0 Å². The van der Waals surface area contributed by atoms with E-state index < -0.39 is 0 Å². The van der Waals surface area contributed by atoms with Gasteiger partial charge >= 0.3 is 0 Å². The van der Waals surface area contributed by atoms with Crippen LogP contribution in [0.15, 0.2) is 42.5 Å². The van der Waals surface area contributed by atoms with Crippen LogP contribution in [-0.4, -0.2) is 20.1 Å². The van der Waals surface area contributed by atoms with Crippen molar-refractivity contribution in [2.45, 2.75) is 6.54 Å². The van der Waals surface area contributed by atoms with Crippen LogP contribution in [-0.2, 0) is 6.54 Å². The molecule has 2 aromatic carbocycles. The lowest BCUT2D eigenvalue weighted by atomic mass is 10.1. The van der Waals surface area contributed by atoms with E-state index in [9.17, 15) is 4.79 Å². The maximum absolute atomic E-state index is 12.2. The molecule has 0 saturated carbocycles. The summed E-state index contributed by atoms with van der Waals surface area (Å²) in [5, 5.41) is 2.83. The van der Waals surface area contributed by atoms with Gasteiger partial charge in [-0.2, -0.15) is 0 Å². The lowest BCUT2D eigenvalue weighted by Gasteiger charge is -2.11. The van der Waals surface area contributed by atoms with Gasteiger partial charge in [-0.25, -0.2) is 0 Å². The SMILES string of the molecule is COc1cccc(CNC(=O)c2cccc(OC)c2N)c1. The number of para-hydroxylation sites is 1. The number of methoxy groups -OCH3 is 2. The van der Waals surface area contributed by atoms with Crippen molar-refractivity contribution >= 4 is 11.6 Å². The molecule has 5 heteroatoms. The number of anilines is 1. The Morgan fingerprint density at radius 1 is 1.14 bits per heavy atom. The van der Waals surface area contributed by atoms with Gasteiger partial charge in [-0.05, 0) is 29.8 Å². The third-order valence-corrected chi connectivity index (χ3v) is 3.12. The number of amides is 1. The van der Waals surface area contributed by atoms with E-state index in [2.05, 4.69) is 5.32 Å². The van der Waals surface area contributed by atoms with Gasteiger partial charge in [0.25, 0.3) is 5.91 Å². The Morgan fingerprint density at radius 3 is 2.62 bits per heavy atom. The molecule has 0 bridgehead atoms. The fourth-order valence-electron chi connectivity index (χ4n) is 1.98. The molecular formula is C16H18N2O3. The van der Waals surface area contributed by atoms with Gasteiger partial charge in [0.1, 0.15) is 11.5 Å². The van der Waals surface area contributed by atoms with E-state index in [-0.39, 0.29) is 5.91 Å². The Kier molecular flexibility index (Phi) is 4.66. The molecule has 5 nitrogen and oxygen atoms in total. The van der Waals surface area contributed by atoms with Crippen LogP contribution in [0.4, 0.5) is 5.69 Å². The zero-order valence-corrected chi connectivity index (χ0v) is 12.1. The van der Waals surface area contributed by atoms with Crippen LogP contribution in [0.25, 0.3) is 0 Å². The normalized spacial score (nSPS) is 10.0. The number of rotatable bonds is 5. The molecule has 0 unspecified atom stereocenters. The maximum Gasteiger partial charge on any atom is 0.253 e. The number of hydrogen-bond acceptors (Lipinski definition) is 4. The van der Waals surface area contributed by atoms with Crippen molar-refractivity contribution in [1.82, 2.24) is 5.32 Å². The van der Waals surface area contributed by atoms with Crippen LogP contribution in [0.5, 0.6) is 11.5 Å². The van der Waals surface area contributed by atoms with Crippen LogP contribution in [0.3, 0.4) is 0 Å². The minimum absolute atomic E-state index is 0.241. The molecule has 0 saturated heterocycles. The van der Waals surface area contributed by atoms with E-state index in [0.717, 1.165) is 11.3 Å². The van der Waals surface area contributed by atoms with Crippen molar-refractivity contribution in [3.63, 3.8) is 0 Å². The van der Waals surface area contributed by atoms with Crippen molar-refractivity contribution in [3.05, 3.63) is 53.6 Å². The zero-order valence-electron chi connectivity index (χ0n) is 12.1. The summed E-state index contributed by atoms with van der Waals surface area (Å²) >= 11 is 0. The van der Waals surface area contributed by atoms with Crippen molar-refractivity contribution in [2.24, 2.45) is 0 Å². The van der Waals surface area contributed by atoms with E-state index in [0.29, 0.717) is 23.5 Å². The lowest BCUT2D eigenvalue weighted by Crippen LogP contribution is -2.24. The molecule has 1 amide bonds. The number of carbonyl (C=O) groups is 1. The number of ether oxygens (including phenoxy) is 2. The molecule has 0 aliphatic heterocycles. The molecule has 110 valence electrons. The Bertz CT molecular complexity index is 641. The highest BCUT2D eigenvalue weighted by atomic mass is 16.5. The summed E-state index contributed by atoms with van der Waals surface area (Å²) in [5.41, 5.74) is 7.59. The van der Waals surface area contributed by atoms with Crippen molar-refractivity contribution < 1.29 is 14.3 Å². The second-order valence-corrected chi connectivity index (χ2v) is 4.46. The molecule has 0 aromatic heterocycles. The average Bonchev–Trinajstić information content (AvgIpc) is 2.53. The third kappa shape index (κ3) is 3.45. The topological polar surface area (TPSA) is 73.6 Å². The number of carbonyl (C=O) groups excluding carboxylic acids is 1. The van der Waals surface area contributed by atoms with Crippen molar-refractivity contribution in [2.75, 3.05) is 20.0 Å². The summed E-state index contributed by atoms with van der Waals surface area (Å²) in [4.78, 5) is 12.2. The average molecular weight is 286 g/mol. The Hall–Kier alpha value is -2.69. The number of benzene rings is 2. The van der Waals surface area contributed by atoms with Gasteiger partial charge in [-0.15, -0.1) is 0 Å². The fraction of sp³-hybridized carbons (Fsp3) is 0.188. The smallest absolute Gasteiger partial charge is 0.253 e. The number of hydrogen-bond donors (Lipinski definition) is 2. The number of nitrogens with one attached hydrogen (secondary N) is 1. The molecule has 0 atom stereocenters. The zero-order chi connectivity index (χ0) is 15.2. The van der Waals surface area contributed by atoms with Crippen LogP contribution in [0, 0.1) is 0 Å². The largest absolute Gasteiger partial charge is 0.497 e. The first-order valence-electron chi connectivity index (χ1n) is 6.49. The summed E-state index contributed by atoms with van der Waals surface area (Å²) in [6.07, 6.45) is 0. The van der Waals surface area contributed by atoms with Gasteiger partial charge in [0, 0.05) is 6.54 Å². The van der Waals surface area contributed by atoms with Gasteiger partial charge in [-0.3, -0.25) is 4.79 Å².